The summed E-state index contributed by atoms with van der Waals surface area (Å²) >= 11 is 2.05. The van der Waals surface area contributed by atoms with Crippen LogP contribution in [0.3, 0.4) is 0 Å². The molecule has 0 spiro atoms. The van der Waals surface area contributed by atoms with Gasteiger partial charge in [0.15, 0.2) is 0 Å². The lowest BCUT2D eigenvalue weighted by Crippen LogP contribution is -2.41. The van der Waals surface area contributed by atoms with Crippen LogP contribution in [0.1, 0.15) is 50.5 Å². The van der Waals surface area contributed by atoms with E-state index >= 15 is 0 Å². The third-order valence-corrected chi connectivity index (χ3v) is 7.42. The molecular weight excluding hydrogens is 425 g/mol. The molecule has 1 aliphatic heterocycles. The van der Waals surface area contributed by atoms with Gasteiger partial charge in [-0.2, -0.15) is 24.9 Å². The Morgan fingerprint density at radius 3 is 2.35 bits per heavy atom. The topological polar surface area (TPSA) is 32.8 Å². The summed E-state index contributed by atoms with van der Waals surface area (Å²) in [6, 6.07) is 4.36. The van der Waals surface area contributed by atoms with Gasteiger partial charge in [-0.05, 0) is 68.8 Å². The molecule has 1 heterocycles. The number of hydrogen-bond donors (Lipinski definition) is 0. The lowest BCUT2D eigenvalue weighted by Gasteiger charge is -2.34. The van der Waals surface area contributed by atoms with E-state index in [4.69, 9.17) is 4.74 Å². The zero-order chi connectivity index (χ0) is 22.3. The third kappa shape index (κ3) is 7.59. The zero-order valence-electron chi connectivity index (χ0n) is 18.2. The predicted molar refractivity (Wildman–Crippen MR) is 119 cm³/mol. The second-order valence-corrected chi connectivity index (χ2v) is 9.85. The largest absolute Gasteiger partial charge is 0.416 e. The van der Waals surface area contributed by atoms with Gasteiger partial charge in [-0.3, -0.25) is 0 Å². The zero-order valence-corrected chi connectivity index (χ0v) is 19.0. The van der Waals surface area contributed by atoms with E-state index in [1.54, 1.807) is 11.9 Å². The highest BCUT2D eigenvalue weighted by atomic mass is 32.2. The minimum absolute atomic E-state index is 0.129. The first kappa shape index (κ1) is 24.2. The smallest absolute Gasteiger partial charge is 0.410 e. The molecule has 0 unspecified atom stereocenters. The van der Waals surface area contributed by atoms with Crippen LogP contribution < -0.4 is 4.74 Å². The van der Waals surface area contributed by atoms with Crippen molar-refractivity contribution in [2.75, 3.05) is 38.2 Å². The Morgan fingerprint density at radius 2 is 1.74 bits per heavy atom. The van der Waals surface area contributed by atoms with Crippen molar-refractivity contribution in [3.8, 4) is 5.75 Å². The van der Waals surface area contributed by atoms with Crippen LogP contribution in [0.5, 0.6) is 5.75 Å². The van der Waals surface area contributed by atoms with Crippen molar-refractivity contribution in [2.24, 2.45) is 5.92 Å². The van der Waals surface area contributed by atoms with Gasteiger partial charge in [0.2, 0.25) is 0 Å². The lowest BCUT2D eigenvalue weighted by atomic mass is 9.82. The maximum absolute atomic E-state index is 12.6. The highest BCUT2D eigenvalue weighted by molar-refractivity contribution is 7.99. The number of halogens is 3. The van der Waals surface area contributed by atoms with Crippen LogP contribution in [0.25, 0.3) is 0 Å². The van der Waals surface area contributed by atoms with Crippen LogP contribution in [0, 0.1) is 5.92 Å². The molecular formula is C23H33F3N2O2S. The molecule has 0 radical (unpaired) electrons. The van der Waals surface area contributed by atoms with Gasteiger partial charge in [0.05, 0.1) is 5.56 Å². The summed E-state index contributed by atoms with van der Waals surface area (Å²) in [6.07, 6.45) is 3.02. The second kappa shape index (κ2) is 11.5. The molecule has 0 bridgehead atoms. The minimum Gasteiger partial charge on any atom is -0.410 e. The van der Waals surface area contributed by atoms with Crippen LogP contribution in [0.15, 0.2) is 24.3 Å². The van der Waals surface area contributed by atoms with Crippen molar-refractivity contribution in [3.05, 3.63) is 29.8 Å². The van der Waals surface area contributed by atoms with Crippen molar-refractivity contribution >= 4 is 17.9 Å². The van der Waals surface area contributed by atoms with E-state index in [2.05, 4.69) is 4.90 Å². The molecule has 2 aliphatic rings. The van der Waals surface area contributed by atoms with Gasteiger partial charge in [-0.1, -0.05) is 12.8 Å². The lowest BCUT2D eigenvalue weighted by molar-refractivity contribution is -0.137. The number of ether oxygens (including phenoxy) is 1. The molecule has 1 aromatic rings. The van der Waals surface area contributed by atoms with Crippen LogP contribution in [-0.4, -0.2) is 60.1 Å². The number of unbranched alkanes of at least 4 members (excludes halogenated alkanes) is 1. The normalized spacial score (nSPS) is 22.8. The number of carbonyl (C=O) groups excluding carboxylic acids is 1. The number of nitrogens with zero attached hydrogens (tertiary/aromatic N) is 2. The highest BCUT2D eigenvalue weighted by Gasteiger charge is 2.31. The Bertz CT molecular complexity index is 685. The molecule has 8 heteroatoms. The average molecular weight is 459 g/mol. The Balaban J connectivity index is 1.34. The van der Waals surface area contributed by atoms with Crippen LogP contribution in [0.4, 0.5) is 18.0 Å². The van der Waals surface area contributed by atoms with E-state index in [0.717, 1.165) is 43.7 Å². The number of hydrogen-bond acceptors (Lipinski definition) is 4. The summed E-state index contributed by atoms with van der Waals surface area (Å²) in [7, 11) is 1.72. The summed E-state index contributed by atoms with van der Waals surface area (Å²) in [5.74, 6) is 3.39. The quantitative estimate of drug-likeness (QED) is 0.475. The number of rotatable bonds is 7. The summed E-state index contributed by atoms with van der Waals surface area (Å²) in [5.41, 5.74) is -0.756. The maximum atomic E-state index is 12.6. The molecule has 0 atom stereocenters. The number of alkyl halides is 3. The van der Waals surface area contributed by atoms with Crippen molar-refractivity contribution in [1.82, 2.24) is 9.80 Å². The van der Waals surface area contributed by atoms with Gasteiger partial charge < -0.3 is 14.5 Å². The second-order valence-electron chi connectivity index (χ2n) is 8.63. The first-order valence-corrected chi connectivity index (χ1v) is 12.4. The monoisotopic (exact) mass is 458 g/mol. The fourth-order valence-corrected chi connectivity index (χ4v) is 5.43. The molecule has 0 aromatic heterocycles. The fourth-order valence-electron chi connectivity index (χ4n) is 4.45. The molecule has 1 aromatic carbocycles. The molecule has 0 N–H and O–H groups in total. The molecule has 31 heavy (non-hydrogen) atoms. The minimum atomic E-state index is -4.40. The van der Waals surface area contributed by atoms with Crippen molar-refractivity contribution < 1.29 is 22.7 Å². The van der Waals surface area contributed by atoms with Crippen molar-refractivity contribution in [1.29, 1.82) is 0 Å². The van der Waals surface area contributed by atoms with Gasteiger partial charge in [0.1, 0.15) is 5.75 Å². The SMILES string of the molecule is CN(C(=O)Oc1ccc(C(F)(F)F)cc1)C1CCC(CCCCN2CCSCC2)CC1. The molecule has 1 saturated carbocycles. The first-order chi connectivity index (χ1) is 14.8. The van der Waals surface area contributed by atoms with Crippen molar-refractivity contribution in [3.63, 3.8) is 0 Å². The first-order valence-electron chi connectivity index (χ1n) is 11.2. The predicted octanol–water partition coefficient (Wildman–Crippen LogP) is 5.91. The van der Waals surface area contributed by atoms with E-state index in [9.17, 15) is 18.0 Å². The summed E-state index contributed by atoms with van der Waals surface area (Å²) in [5, 5.41) is 0. The summed E-state index contributed by atoms with van der Waals surface area (Å²) < 4.78 is 43.2. The molecule has 3 rings (SSSR count). The number of amides is 1. The average Bonchev–Trinajstić information content (AvgIpc) is 2.77. The molecule has 4 nitrogen and oxygen atoms in total. The molecule has 174 valence electrons. The van der Waals surface area contributed by atoms with E-state index in [1.807, 2.05) is 11.8 Å². The number of benzene rings is 1. The van der Waals surface area contributed by atoms with Crippen molar-refractivity contribution in [2.45, 2.75) is 57.2 Å². The van der Waals surface area contributed by atoms with Gasteiger partial charge in [-0.15, -0.1) is 0 Å². The molecule has 1 amide bonds. The van der Waals surface area contributed by atoms with E-state index < -0.39 is 17.8 Å². The molecule has 1 aliphatic carbocycles. The van der Waals surface area contributed by atoms with E-state index in [-0.39, 0.29) is 11.8 Å². The fraction of sp³-hybridized carbons (Fsp3) is 0.696. The number of carbonyl (C=O) groups is 1. The Labute approximate surface area is 187 Å². The summed E-state index contributed by atoms with van der Waals surface area (Å²) in [4.78, 5) is 16.6. The standard InChI is InChI=1S/C23H33F3N2O2S/c1-27(22(29)30-21-11-7-19(8-12-21)23(24,25)26)20-9-5-18(6-10-20)4-2-3-13-28-14-16-31-17-15-28/h7-8,11-12,18,20H,2-6,9-10,13-17H2,1H3. The Hall–Kier alpha value is -1.41. The van der Waals surface area contributed by atoms with Crippen LogP contribution in [0.2, 0.25) is 0 Å². The van der Waals surface area contributed by atoms with Gasteiger partial charge in [0.25, 0.3) is 0 Å². The van der Waals surface area contributed by atoms with Crippen LogP contribution in [-0.2, 0) is 6.18 Å². The summed E-state index contributed by atoms with van der Waals surface area (Å²) in [6.45, 7) is 3.67. The third-order valence-electron chi connectivity index (χ3n) is 6.48. The highest BCUT2D eigenvalue weighted by Crippen LogP contribution is 2.32. The number of thioether (sulfide) groups is 1. The Morgan fingerprint density at radius 1 is 1.10 bits per heavy atom. The van der Waals surface area contributed by atoms with E-state index in [1.165, 1.54) is 62.5 Å². The molecule has 2 fully saturated rings. The Kier molecular flexibility index (Phi) is 8.95. The molecule has 1 saturated heterocycles. The van der Waals surface area contributed by atoms with Gasteiger partial charge >= 0.3 is 12.3 Å². The van der Waals surface area contributed by atoms with Gasteiger partial charge in [-0.25, -0.2) is 4.79 Å². The van der Waals surface area contributed by atoms with Gasteiger partial charge in [0, 0.05) is 37.7 Å². The van der Waals surface area contributed by atoms with Crippen LogP contribution >= 0.6 is 11.8 Å². The maximum Gasteiger partial charge on any atom is 0.416 e. The van der Waals surface area contributed by atoms with E-state index in [0.29, 0.717) is 0 Å².